The van der Waals surface area contributed by atoms with Gasteiger partial charge in [-0.15, -0.1) is 0 Å². The number of aliphatic hydroxyl groups is 1. The van der Waals surface area contributed by atoms with Crippen LogP contribution in [-0.4, -0.2) is 35.0 Å². The predicted molar refractivity (Wildman–Crippen MR) is 77.3 cm³/mol. The third-order valence-electron chi connectivity index (χ3n) is 2.71. The Hall–Kier alpha value is -1.32. The standard InChI is InChI=1S/C12H8Br2F2N2O3/c13-5-3-6(15)11(9(14)10(5)16)17-7-4-8(20)18(1-2-19)12(7)21/h3-4,17,19H,1-2H2. The van der Waals surface area contributed by atoms with Crippen molar-refractivity contribution in [3.63, 3.8) is 0 Å². The first kappa shape index (κ1) is 16.1. The van der Waals surface area contributed by atoms with Crippen LogP contribution in [-0.2, 0) is 9.59 Å². The zero-order chi connectivity index (χ0) is 15.7. The molecule has 0 bridgehead atoms. The molecule has 1 aromatic carbocycles. The topological polar surface area (TPSA) is 69.6 Å². The van der Waals surface area contributed by atoms with Gasteiger partial charge < -0.3 is 10.4 Å². The van der Waals surface area contributed by atoms with Gasteiger partial charge in [0, 0.05) is 6.08 Å². The van der Waals surface area contributed by atoms with E-state index < -0.39 is 23.4 Å². The molecule has 2 N–H and O–H groups in total. The summed E-state index contributed by atoms with van der Waals surface area (Å²) in [6, 6.07) is 0.899. The Morgan fingerprint density at radius 1 is 1.29 bits per heavy atom. The van der Waals surface area contributed by atoms with Crippen molar-refractivity contribution in [3.8, 4) is 0 Å². The molecule has 0 radical (unpaired) electrons. The number of amides is 2. The number of aliphatic hydroxyl groups excluding tert-OH is 1. The van der Waals surface area contributed by atoms with Crippen LogP contribution < -0.4 is 5.32 Å². The van der Waals surface area contributed by atoms with E-state index in [-0.39, 0.29) is 33.5 Å². The van der Waals surface area contributed by atoms with Gasteiger partial charge in [-0.2, -0.15) is 0 Å². The van der Waals surface area contributed by atoms with Crippen molar-refractivity contribution < 1.29 is 23.5 Å². The van der Waals surface area contributed by atoms with Crippen molar-refractivity contribution in [1.29, 1.82) is 0 Å². The smallest absolute Gasteiger partial charge is 0.277 e. The molecule has 0 unspecified atom stereocenters. The number of carbonyl (C=O) groups is 2. The molecular formula is C12H8Br2F2N2O3. The fourth-order valence-corrected chi connectivity index (χ4v) is 2.89. The first-order chi connectivity index (χ1) is 9.86. The van der Waals surface area contributed by atoms with E-state index in [4.69, 9.17) is 5.11 Å². The second kappa shape index (κ2) is 6.20. The van der Waals surface area contributed by atoms with Gasteiger partial charge in [-0.25, -0.2) is 8.78 Å². The second-order valence-corrected chi connectivity index (χ2v) is 5.69. The number of nitrogens with one attached hydrogen (secondary N) is 1. The number of β-amino-alcohol motifs (C(OH)–C–C–N with tert-alkyl or cyclic N) is 1. The van der Waals surface area contributed by atoms with Crippen LogP contribution in [0.3, 0.4) is 0 Å². The van der Waals surface area contributed by atoms with Crippen LogP contribution in [0, 0.1) is 11.6 Å². The first-order valence-electron chi connectivity index (χ1n) is 5.65. The molecule has 9 heteroatoms. The molecule has 0 fully saturated rings. The number of carbonyl (C=O) groups excluding carboxylic acids is 2. The maximum atomic E-state index is 13.8. The van der Waals surface area contributed by atoms with E-state index >= 15 is 0 Å². The molecule has 0 spiro atoms. The SMILES string of the molecule is O=C1C=C(Nc2c(F)cc(Br)c(F)c2Br)C(=O)N1CCO. The number of hydrogen-bond acceptors (Lipinski definition) is 4. The summed E-state index contributed by atoms with van der Waals surface area (Å²) in [5.74, 6) is -2.91. The zero-order valence-electron chi connectivity index (χ0n) is 10.3. The molecule has 1 aliphatic rings. The van der Waals surface area contributed by atoms with E-state index in [1.165, 1.54) is 0 Å². The van der Waals surface area contributed by atoms with E-state index in [2.05, 4.69) is 37.2 Å². The van der Waals surface area contributed by atoms with Crippen LogP contribution >= 0.6 is 31.9 Å². The molecule has 0 saturated heterocycles. The summed E-state index contributed by atoms with van der Waals surface area (Å²) in [7, 11) is 0. The summed E-state index contributed by atoms with van der Waals surface area (Å²) in [4.78, 5) is 24.3. The maximum absolute atomic E-state index is 13.8. The minimum absolute atomic E-state index is 0.0814. The van der Waals surface area contributed by atoms with E-state index in [0.29, 0.717) is 0 Å². The molecule has 1 heterocycles. The van der Waals surface area contributed by atoms with Gasteiger partial charge in [0.15, 0.2) is 5.82 Å². The van der Waals surface area contributed by atoms with Crippen molar-refractivity contribution in [2.75, 3.05) is 18.5 Å². The van der Waals surface area contributed by atoms with Crippen molar-refractivity contribution in [2.24, 2.45) is 0 Å². The quantitative estimate of drug-likeness (QED) is 0.440. The first-order valence-corrected chi connectivity index (χ1v) is 7.23. The number of hydrogen-bond donors (Lipinski definition) is 2. The lowest BCUT2D eigenvalue weighted by Crippen LogP contribution is -2.34. The Morgan fingerprint density at radius 2 is 1.95 bits per heavy atom. The summed E-state index contributed by atoms with van der Waals surface area (Å²) >= 11 is 5.74. The molecule has 0 aromatic heterocycles. The Bertz CT molecular complexity index is 664. The highest BCUT2D eigenvalue weighted by atomic mass is 79.9. The van der Waals surface area contributed by atoms with E-state index in [0.717, 1.165) is 17.0 Å². The van der Waals surface area contributed by atoms with E-state index in [9.17, 15) is 18.4 Å². The van der Waals surface area contributed by atoms with Crippen LogP contribution in [0.2, 0.25) is 0 Å². The predicted octanol–water partition coefficient (Wildman–Crippen LogP) is 2.15. The second-order valence-electron chi connectivity index (χ2n) is 4.04. The molecule has 0 saturated carbocycles. The van der Waals surface area contributed by atoms with Crippen LogP contribution in [0.15, 0.2) is 26.8 Å². The van der Waals surface area contributed by atoms with Crippen molar-refractivity contribution in [1.82, 2.24) is 4.90 Å². The zero-order valence-corrected chi connectivity index (χ0v) is 13.5. The van der Waals surface area contributed by atoms with Crippen LogP contribution in [0.4, 0.5) is 14.5 Å². The lowest BCUT2D eigenvalue weighted by molar-refractivity contribution is -0.137. The van der Waals surface area contributed by atoms with Gasteiger partial charge >= 0.3 is 0 Å². The largest absolute Gasteiger partial charge is 0.395 e. The summed E-state index contributed by atoms with van der Waals surface area (Å²) in [6.45, 7) is -0.554. The highest BCUT2D eigenvalue weighted by Gasteiger charge is 2.31. The van der Waals surface area contributed by atoms with Gasteiger partial charge in [0.25, 0.3) is 11.8 Å². The minimum Gasteiger partial charge on any atom is -0.395 e. The van der Waals surface area contributed by atoms with Crippen LogP contribution in [0.5, 0.6) is 0 Å². The summed E-state index contributed by atoms with van der Waals surface area (Å²) in [5, 5.41) is 11.2. The van der Waals surface area contributed by atoms with E-state index in [1.807, 2.05) is 0 Å². The minimum atomic E-state index is -0.808. The Kier molecular flexibility index (Phi) is 4.74. The van der Waals surface area contributed by atoms with Gasteiger partial charge in [0.1, 0.15) is 11.5 Å². The van der Waals surface area contributed by atoms with Crippen LogP contribution in [0.25, 0.3) is 0 Å². The summed E-state index contributed by atoms with van der Waals surface area (Å²) in [6.07, 6.45) is 0.962. The number of benzene rings is 1. The highest BCUT2D eigenvalue weighted by molar-refractivity contribution is 9.11. The molecule has 5 nitrogen and oxygen atoms in total. The Balaban J connectivity index is 2.32. The van der Waals surface area contributed by atoms with Crippen molar-refractivity contribution in [3.05, 3.63) is 38.4 Å². The summed E-state index contributed by atoms with van der Waals surface area (Å²) in [5.41, 5.74) is -0.497. The van der Waals surface area contributed by atoms with Gasteiger partial charge in [-0.3, -0.25) is 14.5 Å². The Morgan fingerprint density at radius 3 is 2.57 bits per heavy atom. The van der Waals surface area contributed by atoms with Crippen molar-refractivity contribution in [2.45, 2.75) is 0 Å². The molecule has 2 rings (SSSR count). The lowest BCUT2D eigenvalue weighted by atomic mass is 10.2. The highest BCUT2D eigenvalue weighted by Crippen LogP contribution is 2.34. The number of imide groups is 1. The normalized spacial score (nSPS) is 14.7. The van der Waals surface area contributed by atoms with Gasteiger partial charge in [-0.05, 0) is 37.9 Å². The fourth-order valence-electron chi connectivity index (χ4n) is 1.73. The molecule has 1 aromatic rings. The molecular weight excluding hydrogens is 418 g/mol. The van der Waals surface area contributed by atoms with Crippen LogP contribution in [0.1, 0.15) is 0 Å². The molecule has 1 aliphatic heterocycles. The van der Waals surface area contributed by atoms with Gasteiger partial charge in [0.05, 0.1) is 27.8 Å². The monoisotopic (exact) mass is 424 g/mol. The third kappa shape index (κ3) is 2.99. The molecule has 0 atom stereocenters. The van der Waals surface area contributed by atoms with Gasteiger partial charge in [0.2, 0.25) is 0 Å². The Labute approximate surface area is 134 Å². The van der Waals surface area contributed by atoms with Crippen molar-refractivity contribution >= 4 is 49.4 Å². The lowest BCUT2D eigenvalue weighted by Gasteiger charge is -2.14. The maximum Gasteiger partial charge on any atom is 0.277 e. The summed E-state index contributed by atoms with van der Waals surface area (Å²) < 4.78 is 27.3. The molecule has 21 heavy (non-hydrogen) atoms. The fraction of sp³-hybridized carbons (Fsp3) is 0.167. The number of anilines is 1. The van der Waals surface area contributed by atoms with E-state index in [1.54, 1.807) is 0 Å². The number of rotatable bonds is 4. The number of halogens is 4. The number of nitrogens with zero attached hydrogens (tertiary/aromatic N) is 1. The third-order valence-corrected chi connectivity index (χ3v) is 4.03. The average molecular weight is 426 g/mol. The molecule has 2 amide bonds. The molecule has 0 aliphatic carbocycles. The van der Waals surface area contributed by atoms with Gasteiger partial charge in [-0.1, -0.05) is 0 Å². The average Bonchev–Trinajstić information content (AvgIpc) is 2.69. The molecule has 112 valence electrons.